The van der Waals surface area contributed by atoms with E-state index in [-0.39, 0.29) is 6.61 Å². The minimum absolute atomic E-state index is 0.126. The fraction of sp³-hybridized carbons (Fsp3) is 0.261. The Balaban J connectivity index is 1.80. The number of aromatic amines is 1. The van der Waals surface area contributed by atoms with E-state index in [4.69, 9.17) is 16.3 Å². The molecule has 0 bridgehead atoms. The zero-order chi connectivity index (χ0) is 21.8. The molecule has 7 nitrogen and oxygen atoms in total. The normalized spacial score (nSPS) is 11.2. The van der Waals surface area contributed by atoms with Gasteiger partial charge in [0.1, 0.15) is 18.2 Å². The highest BCUT2D eigenvalue weighted by Crippen LogP contribution is 2.24. The number of imidazole rings is 1. The molecule has 1 N–H and O–H groups in total. The van der Waals surface area contributed by atoms with Gasteiger partial charge in [-0.25, -0.2) is 9.78 Å². The Bertz CT molecular complexity index is 1310. The molecule has 2 aromatic heterocycles. The van der Waals surface area contributed by atoms with Crippen molar-refractivity contribution in [3.8, 4) is 5.75 Å². The first-order valence-corrected chi connectivity index (χ1v) is 10.6. The smallest absolute Gasteiger partial charge is 0.330 e. The van der Waals surface area contributed by atoms with Crippen LogP contribution in [0.15, 0.2) is 64.2 Å². The summed E-state index contributed by atoms with van der Waals surface area (Å²) in [5.41, 5.74) is 0.736. The first-order valence-electron chi connectivity index (χ1n) is 10.2. The summed E-state index contributed by atoms with van der Waals surface area (Å²) in [6.45, 7) is 3.11. The zero-order valence-corrected chi connectivity index (χ0v) is 17.9. The van der Waals surface area contributed by atoms with Gasteiger partial charge in [0.2, 0.25) is 0 Å². The first-order chi connectivity index (χ1) is 15.1. The Morgan fingerprint density at radius 1 is 1.03 bits per heavy atom. The average molecular weight is 439 g/mol. The van der Waals surface area contributed by atoms with Crippen LogP contribution in [0.2, 0.25) is 5.02 Å². The Morgan fingerprint density at radius 3 is 2.52 bits per heavy atom. The molecule has 0 atom stereocenters. The van der Waals surface area contributed by atoms with Crippen molar-refractivity contribution in [2.24, 2.45) is 0 Å². The molecule has 0 aliphatic rings. The van der Waals surface area contributed by atoms with Crippen LogP contribution in [-0.4, -0.2) is 19.1 Å². The fourth-order valence-corrected chi connectivity index (χ4v) is 3.69. The lowest BCUT2D eigenvalue weighted by Gasteiger charge is -2.10. The third-order valence-corrected chi connectivity index (χ3v) is 5.39. The maximum atomic E-state index is 12.7. The number of ether oxygens (including phenoxy) is 1. The number of halogens is 1. The van der Waals surface area contributed by atoms with E-state index in [1.165, 1.54) is 4.57 Å². The number of hydrogen-bond acceptors (Lipinski definition) is 4. The molecule has 0 saturated carbocycles. The topological polar surface area (TPSA) is 81.9 Å². The van der Waals surface area contributed by atoms with Gasteiger partial charge in [0.15, 0.2) is 11.2 Å². The van der Waals surface area contributed by atoms with Gasteiger partial charge in [0.05, 0.1) is 11.6 Å². The van der Waals surface area contributed by atoms with E-state index in [2.05, 4.69) is 16.9 Å². The predicted molar refractivity (Wildman–Crippen MR) is 121 cm³/mol. The molecule has 0 spiro atoms. The third kappa shape index (κ3) is 4.41. The number of nitrogens with one attached hydrogen (secondary N) is 1. The SMILES string of the molecule is CCCCn1c(COc2ccccc2Cl)nc2c1c(=O)[nH]c(=O)n2Cc1ccccc1. The lowest BCUT2D eigenvalue weighted by Crippen LogP contribution is -2.31. The molecule has 31 heavy (non-hydrogen) atoms. The molecule has 2 aromatic carbocycles. The van der Waals surface area contributed by atoms with E-state index in [0.717, 1.165) is 18.4 Å². The number of aromatic nitrogens is 4. The predicted octanol–water partition coefficient (Wildman–Crippen LogP) is 3.97. The number of para-hydroxylation sites is 1. The lowest BCUT2D eigenvalue weighted by atomic mass is 10.2. The second-order valence-electron chi connectivity index (χ2n) is 7.26. The molecular weight excluding hydrogens is 416 g/mol. The highest BCUT2D eigenvalue weighted by molar-refractivity contribution is 6.32. The number of benzene rings is 2. The van der Waals surface area contributed by atoms with Gasteiger partial charge in [-0.2, -0.15) is 0 Å². The molecule has 2 heterocycles. The van der Waals surface area contributed by atoms with Crippen molar-refractivity contribution in [1.29, 1.82) is 0 Å². The standard InChI is InChI=1S/C23H23ClN4O3/c1-2-3-13-27-19(15-31-18-12-8-7-11-17(18)24)25-21-20(27)22(29)26-23(30)28(21)14-16-9-5-4-6-10-16/h4-12H,2-3,13-15H2,1H3,(H,26,29,30). The summed E-state index contributed by atoms with van der Waals surface area (Å²) < 4.78 is 9.22. The summed E-state index contributed by atoms with van der Waals surface area (Å²) in [6.07, 6.45) is 1.81. The van der Waals surface area contributed by atoms with Crippen molar-refractivity contribution in [2.45, 2.75) is 39.5 Å². The molecule has 0 amide bonds. The largest absolute Gasteiger partial charge is 0.484 e. The molecule has 8 heteroatoms. The first kappa shape index (κ1) is 20.9. The van der Waals surface area contributed by atoms with Crippen LogP contribution in [0.3, 0.4) is 0 Å². The average Bonchev–Trinajstić information content (AvgIpc) is 3.14. The fourth-order valence-electron chi connectivity index (χ4n) is 3.50. The van der Waals surface area contributed by atoms with E-state index in [0.29, 0.717) is 40.8 Å². The minimum atomic E-state index is -0.486. The molecule has 4 rings (SSSR count). The number of aryl methyl sites for hydroxylation is 1. The number of fused-ring (bicyclic) bond motifs is 1. The number of H-pyrrole nitrogens is 1. The second kappa shape index (κ2) is 9.22. The molecule has 0 aliphatic heterocycles. The zero-order valence-electron chi connectivity index (χ0n) is 17.2. The third-order valence-electron chi connectivity index (χ3n) is 5.08. The van der Waals surface area contributed by atoms with Crippen molar-refractivity contribution >= 4 is 22.8 Å². The second-order valence-corrected chi connectivity index (χ2v) is 7.66. The Morgan fingerprint density at radius 2 is 1.77 bits per heavy atom. The van der Waals surface area contributed by atoms with Crippen LogP contribution in [-0.2, 0) is 19.7 Å². The van der Waals surface area contributed by atoms with E-state index < -0.39 is 11.2 Å². The maximum absolute atomic E-state index is 12.7. The van der Waals surface area contributed by atoms with Crippen LogP contribution in [0.1, 0.15) is 31.2 Å². The van der Waals surface area contributed by atoms with E-state index >= 15 is 0 Å². The monoisotopic (exact) mass is 438 g/mol. The van der Waals surface area contributed by atoms with Crippen LogP contribution in [0, 0.1) is 0 Å². The molecule has 0 aliphatic carbocycles. The summed E-state index contributed by atoms with van der Waals surface area (Å²) in [5, 5.41) is 0.498. The number of nitrogens with zero attached hydrogens (tertiary/aromatic N) is 3. The summed E-state index contributed by atoms with van der Waals surface area (Å²) >= 11 is 6.20. The molecule has 0 saturated heterocycles. The van der Waals surface area contributed by atoms with Crippen LogP contribution in [0.4, 0.5) is 0 Å². The highest BCUT2D eigenvalue weighted by atomic mass is 35.5. The van der Waals surface area contributed by atoms with Gasteiger partial charge in [-0.05, 0) is 24.1 Å². The molecule has 0 radical (unpaired) electrons. The van der Waals surface area contributed by atoms with Gasteiger partial charge < -0.3 is 9.30 Å². The van der Waals surface area contributed by atoms with Gasteiger partial charge in [-0.3, -0.25) is 14.3 Å². The lowest BCUT2D eigenvalue weighted by molar-refractivity contribution is 0.290. The quantitative estimate of drug-likeness (QED) is 0.451. The number of rotatable bonds is 8. The van der Waals surface area contributed by atoms with Crippen LogP contribution in [0.5, 0.6) is 5.75 Å². The van der Waals surface area contributed by atoms with Gasteiger partial charge in [-0.1, -0.05) is 67.4 Å². The summed E-state index contributed by atoms with van der Waals surface area (Å²) in [4.78, 5) is 32.5. The molecule has 0 unspecified atom stereocenters. The minimum Gasteiger partial charge on any atom is -0.484 e. The Hall–Kier alpha value is -3.32. The summed E-state index contributed by atoms with van der Waals surface area (Å²) in [5.74, 6) is 1.11. The van der Waals surface area contributed by atoms with Crippen molar-refractivity contribution < 1.29 is 4.74 Å². The molecule has 160 valence electrons. The van der Waals surface area contributed by atoms with Crippen LogP contribution < -0.4 is 16.0 Å². The van der Waals surface area contributed by atoms with Crippen molar-refractivity contribution in [3.63, 3.8) is 0 Å². The Labute approximate surface area is 183 Å². The van der Waals surface area contributed by atoms with Crippen molar-refractivity contribution in [3.05, 3.63) is 91.8 Å². The van der Waals surface area contributed by atoms with Crippen molar-refractivity contribution in [1.82, 2.24) is 19.1 Å². The van der Waals surface area contributed by atoms with Crippen LogP contribution in [0.25, 0.3) is 11.2 Å². The van der Waals surface area contributed by atoms with Gasteiger partial charge >= 0.3 is 5.69 Å². The molecule has 4 aromatic rings. The van der Waals surface area contributed by atoms with E-state index in [9.17, 15) is 9.59 Å². The summed E-state index contributed by atoms with van der Waals surface area (Å²) in [7, 11) is 0. The Kier molecular flexibility index (Phi) is 6.23. The number of unbranched alkanes of at least 4 members (excludes halogenated alkanes) is 1. The van der Waals surface area contributed by atoms with Crippen molar-refractivity contribution in [2.75, 3.05) is 0 Å². The van der Waals surface area contributed by atoms with E-state index in [1.807, 2.05) is 47.0 Å². The van der Waals surface area contributed by atoms with Gasteiger partial charge in [-0.15, -0.1) is 0 Å². The molecular formula is C23H23ClN4O3. The molecule has 0 fully saturated rings. The number of hydrogen-bond donors (Lipinski definition) is 1. The van der Waals surface area contributed by atoms with E-state index in [1.54, 1.807) is 12.1 Å². The van der Waals surface area contributed by atoms with Gasteiger partial charge in [0.25, 0.3) is 5.56 Å². The highest BCUT2D eigenvalue weighted by Gasteiger charge is 2.19. The van der Waals surface area contributed by atoms with Gasteiger partial charge in [0, 0.05) is 6.54 Å². The maximum Gasteiger partial charge on any atom is 0.330 e. The van der Waals surface area contributed by atoms with Crippen LogP contribution >= 0.6 is 11.6 Å². The summed E-state index contributed by atoms with van der Waals surface area (Å²) in [6, 6.07) is 16.8.